The first-order valence-electron chi connectivity index (χ1n) is 5.77. The molecule has 17 heavy (non-hydrogen) atoms. The first-order valence-corrected chi connectivity index (χ1v) is 7.10. The van der Waals surface area contributed by atoms with E-state index in [0.29, 0.717) is 5.88 Å². The SMILES string of the molecule is CC1CN(c2ncc(Br)cc2CCl)CCCO1. The van der Waals surface area contributed by atoms with Crippen LogP contribution in [0.25, 0.3) is 0 Å². The van der Waals surface area contributed by atoms with Gasteiger partial charge in [0.15, 0.2) is 0 Å². The van der Waals surface area contributed by atoms with Crippen molar-refractivity contribution >= 4 is 33.3 Å². The zero-order valence-electron chi connectivity index (χ0n) is 9.83. The van der Waals surface area contributed by atoms with Crippen LogP contribution in [0.2, 0.25) is 0 Å². The third-order valence-corrected chi connectivity index (χ3v) is 3.53. The molecule has 1 aliphatic heterocycles. The maximum absolute atomic E-state index is 5.98. The minimum Gasteiger partial charge on any atom is -0.377 e. The number of ether oxygens (including phenoxy) is 1. The van der Waals surface area contributed by atoms with E-state index in [1.165, 1.54) is 0 Å². The van der Waals surface area contributed by atoms with Crippen molar-refractivity contribution in [2.24, 2.45) is 0 Å². The number of aromatic nitrogens is 1. The summed E-state index contributed by atoms with van der Waals surface area (Å²) in [5.74, 6) is 1.47. The van der Waals surface area contributed by atoms with Crippen LogP contribution in [0.4, 0.5) is 5.82 Å². The Hall–Kier alpha value is -0.320. The maximum Gasteiger partial charge on any atom is 0.133 e. The fourth-order valence-corrected chi connectivity index (χ4v) is 2.62. The van der Waals surface area contributed by atoms with Crippen LogP contribution in [-0.4, -0.2) is 30.8 Å². The van der Waals surface area contributed by atoms with Crippen LogP contribution in [0.1, 0.15) is 18.9 Å². The number of rotatable bonds is 2. The van der Waals surface area contributed by atoms with Gasteiger partial charge in [0.1, 0.15) is 5.82 Å². The fraction of sp³-hybridized carbons (Fsp3) is 0.583. The van der Waals surface area contributed by atoms with Crippen molar-refractivity contribution in [2.45, 2.75) is 25.3 Å². The summed E-state index contributed by atoms with van der Waals surface area (Å²) in [4.78, 5) is 6.75. The number of anilines is 1. The first kappa shape index (κ1) is 13.1. The van der Waals surface area contributed by atoms with Crippen molar-refractivity contribution in [3.63, 3.8) is 0 Å². The highest BCUT2D eigenvalue weighted by Gasteiger charge is 2.18. The molecule has 1 aromatic rings. The largest absolute Gasteiger partial charge is 0.377 e. The third kappa shape index (κ3) is 3.33. The molecule has 0 saturated carbocycles. The normalized spacial score (nSPS) is 21.4. The molecule has 2 rings (SSSR count). The molecule has 94 valence electrons. The zero-order chi connectivity index (χ0) is 12.3. The highest BCUT2D eigenvalue weighted by atomic mass is 79.9. The quantitative estimate of drug-likeness (QED) is 0.783. The average Bonchev–Trinajstić information content (AvgIpc) is 2.53. The van der Waals surface area contributed by atoms with Crippen LogP contribution in [0, 0.1) is 0 Å². The number of halogens is 2. The van der Waals surface area contributed by atoms with Gasteiger partial charge in [0.05, 0.1) is 12.0 Å². The minimum absolute atomic E-state index is 0.242. The Balaban J connectivity index is 2.25. The Morgan fingerprint density at radius 3 is 3.24 bits per heavy atom. The molecule has 0 N–H and O–H groups in total. The molecule has 1 unspecified atom stereocenters. The molecule has 0 bridgehead atoms. The smallest absolute Gasteiger partial charge is 0.133 e. The lowest BCUT2D eigenvalue weighted by Gasteiger charge is -2.25. The van der Waals surface area contributed by atoms with Crippen LogP contribution in [0.5, 0.6) is 0 Å². The van der Waals surface area contributed by atoms with Gasteiger partial charge in [-0.1, -0.05) is 0 Å². The molecule has 0 amide bonds. The van der Waals surface area contributed by atoms with Crippen molar-refractivity contribution in [3.8, 4) is 0 Å². The second-order valence-corrected chi connectivity index (χ2v) is 5.43. The summed E-state index contributed by atoms with van der Waals surface area (Å²) in [7, 11) is 0. The lowest BCUT2D eigenvalue weighted by Crippen LogP contribution is -2.31. The van der Waals surface area contributed by atoms with E-state index >= 15 is 0 Å². The average molecular weight is 320 g/mol. The molecule has 1 atom stereocenters. The predicted octanol–water partition coefficient (Wildman–Crippen LogP) is 3.20. The molecule has 0 aromatic carbocycles. The van der Waals surface area contributed by atoms with Gasteiger partial charge in [-0.3, -0.25) is 0 Å². The van der Waals surface area contributed by atoms with Gasteiger partial charge in [0.2, 0.25) is 0 Å². The van der Waals surface area contributed by atoms with Crippen molar-refractivity contribution in [1.82, 2.24) is 4.98 Å². The van der Waals surface area contributed by atoms with E-state index in [9.17, 15) is 0 Å². The molecule has 1 fully saturated rings. The van der Waals surface area contributed by atoms with Crippen LogP contribution in [-0.2, 0) is 10.6 Å². The molecule has 0 aliphatic carbocycles. The number of hydrogen-bond acceptors (Lipinski definition) is 3. The van der Waals surface area contributed by atoms with Crippen molar-refractivity contribution in [2.75, 3.05) is 24.6 Å². The van der Waals surface area contributed by atoms with Gasteiger partial charge in [-0.2, -0.15) is 0 Å². The summed E-state index contributed by atoms with van der Waals surface area (Å²) in [5.41, 5.74) is 1.06. The van der Waals surface area contributed by atoms with Gasteiger partial charge in [0, 0.05) is 35.9 Å². The van der Waals surface area contributed by atoms with Crippen molar-refractivity contribution < 1.29 is 4.74 Å². The van der Waals surface area contributed by atoms with Gasteiger partial charge in [-0.05, 0) is 35.3 Å². The van der Waals surface area contributed by atoms with E-state index in [2.05, 4.69) is 32.7 Å². The predicted molar refractivity (Wildman–Crippen MR) is 73.7 cm³/mol. The first-order chi connectivity index (χ1) is 8.20. The van der Waals surface area contributed by atoms with E-state index in [0.717, 1.165) is 42.0 Å². The summed E-state index contributed by atoms with van der Waals surface area (Å²) in [6.07, 6.45) is 3.09. The van der Waals surface area contributed by atoms with Gasteiger partial charge in [-0.25, -0.2) is 4.98 Å². The molecule has 1 aromatic heterocycles. The molecular formula is C12H16BrClN2O. The van der Waals surface area contributed by atoms with E-state index < -0.39 is 0 Å². The summed E-state index contributed by atoms with van der Waals surface area (Å²) in [6, 6.07) is 2.03. The Kier molecular flexibility index (Phi) is 4.65. The second kappa shape index (κ2) is 6.03. The molecule has 0 spiro atoms. The van der Waals surface area contributed by atoms with Crippen molar-refractivity contribution in [1.29, 1.82) is 0 Å². The molecule has 0 radical (unpaired) electrons. The highest BCUT2D eigenvalue weighted by molar-refractivity contribution is 9.10. The minimum atomic E-state index is 0.242. The van der Waals surface area contributed by atoms with Gasteiger partial charge < -0.3 is 9.64 Å². The van der Waals surface area contributed by atoms with Crippen LogP contribution >= 0.6 is 27.5 Å². The molecular weight excluding hydrogens is 304 g/mol. The van der Waals surface area contributed by atoms with Crippen LogP contribution in [0.3, 0.4) is 0 Å². The maximum atomic E-state index is 5.98. The number of nitrogens with zero attached hydrogens (tertiary/aromatic N) is 2. The lowest BCUT2D eigenvalue weighted by atomic mass is 10.2. The van der Waals surface area contributed by atoms with Crippen molar-refractivity contribution in [3.05, 3.63) is 22.3 Å². The summed E-state index contributed by atoms with van der Waals surface area (Å²) < 4.78 is 6.61. The van der Waals surface area contributed by atoms with E-state index in [-0.39, 0.29) is 6.10 Å². The fourth-order valence-electron chi connectivity index (χ4n) is 2.04. The molecule has 5 heteroatoms. The molecule has 3 nitrogen and oxygen atoms in total. The zero-order valence-corrected chi connectivity index (χ0v) is 12.2. The topological polar surface area (TPSA) is 25.4 Å². The highest BCUT2D eigenvalue weighted by Crippen LogP contribution is 2.24. The second-order valence-electron chi connectivity index (χ2n) is 4.25. The summed E-state index contributed by atoms with van der Waals surface area (Å²) >= 11 is 9.41. The van der Waals surface area contributed by atoms with E-state index in [1.807, 2.05) is 12.3 Å². The van der Waals surface area contributed by atoms with Gasteiger partial charge >= 0.3 is 0 Å². The molecule has 2 heterocycles. The van der Waals surface area contributed by atoms with Crippen LogP contribution < -0.4 is 4.90 Å². The number of hydrogen-bond donors (Lipinski definition) is 0. The Bertz CT molecular complexity index is 389. The van der Waals surface area contributed by atoms with E-state index in [1.54, 1.807) is 0 Å². The number of pyridine rings is 1. The standard InChI is InChI=1S/C12H16BrClN2O/c1-9-8-16(3-2-4-17-9)12-10(6-14)5-11(13)7-15-12/h5,7,9H,2-4,6,8H2,1H3. The lowest BCUT2D eigenvalue weighted by molar-refractivity contribution is 0.0820. The Morgan fingerprint density at radius 1 is 1.65 bits per heavy atom. The number of alkyl halides is 1. The van der Waals surface area contributed by atoms with E-state index in [4.69, 9.17) is 16.3 Å². The Labute approximate surface area is 115 Å². The summed E-state index contributed by atoms with van der Waals surface area (Å²) in [5, 5.41) is 0. The monoisotopic (exact) mass is 318 g/mol. The third-order valence-electron chi connectivity index (χ3n) is 2.81. The Morgan fingerprint density at radius 2 is 2.47 bits per heavy atom. The van der Waals surface area contributed by atoms with Gasteiger partial charge in [-0.15, -0.1) is 11.6 Å². The van der Waals surface area contributed by atoms with Gasteiger partial charge in [0.25, 0.3) is 0 Å². The van der Waals surface area contributed by atoms with Crippen LogP contribution in [0.15, 0.2) is 16.7 Å². The molecule has 1 saturated heterocycles. The summed E-state index contributed by atoms with van der Waals surface area (Å²) in [6.45, 7) is 4.77. The molecule has 1 aliphatic rings.